The summed E-state index contributed by atoms with van der Waals surface area (Å²) in [5.74, 6) is 0.779. The molecular weight excluding hydrogens is 409 g/mol. The van der Waals surface area contributed by atoms with E-state index in [1.165, 1.54) is 0 Å². The largest absolute Gasteiger partial charge is 0.457 e. The zero-order valence-corrected chi connectivity index (χ0v) is 17.4. The first-order chi connectivity index (χ1) is 13.8. The van der Waals surface area contributed by atoms with Crippen LogP contribution in [0, 0.1) is 34.0 Å². The molecule has 0 aliphatic heterocycles. The molecule has 0 bridgehead atoms. The minimum atomic E-state index is -1.00. The second kappa shape index (κ2) is 7.09. The third kappa shape index (κ3) is 3.19. The van der Waals surface area contributed by atoms with Gasteiger partial charge in [0.25, 0.3) is 0 Å². The van der Waals surface area contributed by atoms with Crippen molar-refractivity contribution in [1.82, 2.24) is 0 Å². The lowest BCUT2D eigenvalue weighted by Crippen LogP contribution is -2.23. The van der Waals surface area contributed by atoms with Crippen LogP contribution in [-0.2, 0) is 9.53 Å². The molecule has 4 nitrogen and oxygen atoms in total. The lowest BCUT2D eigenvalue weighted by Gasteiger charge is -2.18. The van der Waals surface area contributed by atoms with Gasteiger partial charge in [-0.15, -0.1) is 0 Å². The summed E-state index contributed by atoms with van der Waals surface area (Å²) in [5, 5.41) is 9.58. The Balaban J connectivity index is 1.44. The summed E-state index contributed by atoms with van der Waals surface area (Å²) in [6.07, 6.45) is 0.777. The van der Waals surface area contributed by atoms with Gasteiger partial charge in [0.15, 0.2) is 0 Å². The van der Waals surface area contributed by atoms with Crippen molar-refractivity contribution in [3.63, 3.8) is 0 Å². The smallest absolute Gasteiger partial charge is 0.311 e. The molecule has 2 unspecified atom stereocenters. The summed E-state index contributed by atoms with van der Waals surface area (Å²) in [6.45, 7) is 4.04. The molecule has 0 saturated heterocycles. The van der Waals surface area contributed by atoms with Crippen LogP contribution < -0.4 is 4.74 Å². The Morgan fingerprint density at radius 3 is 2.38 bits per heavy atom. The van der Waals surface area contributed by atoms with Crippen LogP contribution in [-0.4, -0.2) is 5.97 Å². The van der Waals surface area contributed by atoms with Crippen molar-refractivity contribution in [2.45, 2.75) is 20.0 Å². The number of nitrogens with zero attached hydrogens (tertiary/aromatic N) is 1. The Hall–Kier alpha value is -2.48. The molecule has 0 spiro atoms. The number of esters is 1. The number of carbonyl (C=O) groups excluding carboxylic acids is 1. The molecule has 2 aliphatic carbocycles. The van der Waals surface area contributed by atoms with Crippen molar-refractivity contribution < 1.29 is 14.3 Å². The number of nitriles is 1. The van der Waals surface area contributed by atoms with Gasteiger partial charge in [0, 0.05) is 5.56 Å². The van der Waals surface area contributed by atoms with E-state index in [0.717, 1.165) is 0 Å². The first-order valence-corrected chi connectivity index (χ1v) is 10.0. The molecule has 2 fully saturated rings. The average Bonchev–Trinajstić information content (AvgIpc) is 3.41. The van der Waals surface area contributed by atoms with Gasteiger partial charge in [0.1, 0.15) is 22.1 Å². The number of allylic oxidation sites excluding steroid dienone is 1. The summed E-state index contributed by atoms with van der Waals surface area (Å²) in [7, 11) is 0. The van der Waals surface area contributed by atoms with Crippen LogP contribution in [0.2, 0.25) is 0 Å². The van der Waals surface area contributed by atoms with E-state index in [-0.39, 0.29) is 33.1 Å². The summed E-state index contributed by atoms with van der Waals surface area (Å²) in [6, 6.07) is 18.4. The highest BCUT2D eigenvalue weighted by Crippen LogP contribution is 2.94. The van der Waals surface area contributed by atoms with Gasteiger partial charge in [-0.2, -0.15) is 5.26 Å². The van der Waals surface area contributed by atoms with Crippen molar-refractivity contribution >= 4 is 29.2 Å². The number of rotatable bonds is 6. The predicted molar refractivity (Wildman–Crippen MR) is 110 cm³/mol. The molecule has 2 saturated carbocycles. The summed E-state index contributed by atoms with van der Waals surface area (Å²) < 4.78 is 11.6. The number of hydrogen-bond acceptors (Lipinski definition) is 4. The number of benzene rings is 2. The number of para-hydroxylation sites is 1. The first kappa shape index (κ1) is 19.8. The normalized spacial score (nSPS) is 29.6. The molecule has 6 heteroatoms. The van der Waals surface area contributed by atoms with E-state index < -0.39 is 6.10 Å². The molecule has 148 valence electrons. The second-order valence-electron chi connectivity index (χ2n) is 7.87. The highest BCUT2D eigenvalue weighted by molar-refractivity contribution is 6.55. The van der Waals surface area contributed by atoms with Crippen LogP contribution in [0.5, 0.6) is 11.5 Å². The lowest BCUT2D eigenvalue weighted by atomic mass is 9.93. The van der Waals surface area contributed by atoms with Gasteiger partial charge in [-0.05, 0) is 47.1 Å². The Kier molecular flexibility index (Phi) is 4.85. The third-order valence-corrected chi connectivity index (χ3v) is 6.76. The molecule has 29 heavy (non-hydrogen) atoms. The van der Waals surface area contributed by atoms with Gasteiger partial charge in [0.2, 0.25) is 6.10 Å². The quantitative estimate of drug-likeness (QED) is 0.516. The van der Waals surface area contributed by atoms with Crippen LogP contribution in [0.15, 0.2) is 65.2 Å². The van der Waals surface area contributed by atoms with Crippen LogP contribution in [0.3, 0.4) is 0 Å². The predicted octanol–water partition coefficient (Wildman–Crippen LogP) is 6.18. The third-order valence-electron chi connectivity index (χ3n) is 6.50. The Morgan fingerprint density at radius 1 is 1.10 bits per heavy atom. The van der Waals surface area contributed by atoms with Crippen LogP contribution in [0.4, 0.5) is 0 Å². The minimum absolute atomic E-state index is 0.153. The Bertz CT molecular complexity index is 1010. The number of carbonyl (C=O) groups is 1. The SMILES string of the molecule is CC12C(C=C(Cl)Cl)C1(C)C2C(=O)O[C@@H](C#N)c1cccc(Oc2ccccc2)c1. The summed E-state index contributed by atoms with van der Waals surface area (Å²) in [5.41, 5.74) is 0.147. The first-order valence-electron chi connectivity index (χ1n) is 9.28. The number of ether oxygens (including phenoxy) is 2. The van der Waals surface area contributed by atoms with Gasteiger partial charge in [-0.25, -0.2) is 0 Å². The molecule has 3 atom stereocenters. The number of hydrogen-bond donors (Lipinski definition) is 0. The molecule has 0 aromatic heterocycles. The number of fused-ring (bicyclic) bond motifs is 1. The van der Waals surface area contributed by atoms with Crippen molar-refractivity contribution in [2.75, 3.05) is 0 Å². The zero-order chi connectivity index (χ0) is 20.8. The van der Waals surface area contributed by atoms with E-state index in [0.29, 0.717) is 17.1 Å². The van der Waals surface area contributed by atoms with Crippen molar-refractivity contribution in [1.29, 1.82) is 5.26 Å². The van der Waals surface area contributed by atoms with Crippen LogP contribution in [0.1, 0.15) is 25.5 Å². The standard InChI is InChI=1S/C23H19Cl2NO3/c1-22-18(12-19(24)25)23(22,2)20(22)21(27)29-17(13-26)14-7-6-10-16(11-14)28-15-8-4-3-5-9-15/h3-12,17-18,20H,1-2H3/t17-,18?,20?,22?,23?/m0/s1. The van der Waals surface area contributed by atoms with Gasteiger partial charge in [0.05, 0.1) is 5.92 Å². The van der Waals surface area contributed by atoms with E-state index in [1.807, 2.05) is 44.2 Å². The fraction of sp³-hybridized carbons (Fsp3) is 0.304. The van der Waals surface area contributed by atoms with Gasteiger partial charge in [-0.3, -0.25) is 4.79 Å². The molecule has 2 aliphatic rings. The zero-order valence-electron chi connectivity index (χ0n) is 15.9. The van der Waals surface area contributed by atoms with Crippen molar-refractivity contribution in [2.24, 2.45) is 22.7 Å². The fourth-order valence-electron chi connectivity index (χ4n) is 4.70. The monoisotopic (exact) mass is 427 g/mol. The molecule has 2 aromatic carbocycles. The van der Waals surface area contributed by atoms with Crippen LogP contribution >= 0.6 is 23.2 Å². The van der Waals surface area contributed by atoms with Gasteiger partial charge >= 0.3 is 5.97 Å². The minimum Gasteiger partial charge on any atom is -0.457 e. The maximum absolute atomic E-state index is 12.7. The van der Waals surface area contributed by atoms with Gasteiger partial charge in [-0.1, -0.05) is 67.4 Å². The summed E-state index contributed by atoms with van der Waals surface area (Å²) >= 11 is 11.5. The molecule has 2 aromatic rings. The van der Waals surface area contributed by atoms with E-state index in [4.69, 9.17) is 32.7 Å². The number of halogens is 2. The maximum atomic E-state index is 12.7. The van der Waals surface area contributed by atoms with E-state index >= 15 is 0 Å². The van der Waals surface area contributed by atoms with Gasteiger partial charge < -0.3 is 9.47 Å². The van der Waals surface area contributed by atoms with Crippen molar-refractivity contribution in [3.8, 4) is 17.6 Å². The molecule has 0 radical (unpaired) electrons. The van der Waals surface area contributed by atoms with E-state index in [9.17, 15) is 10.1 Å². The molecule has 4 rings (SSSR count). The highest BCUT2D eigenvalue weighted by Gasteiger charge is 2.94. The molecule has 0 heterocycles. The fourth-order valence-corrected chi connectivity index (χ4v) is 4.95. The van der Waals surface area contributed by atoms with E-state index in [2.05, 4.69) is 6.07 Å². The highest BCUT2D eigenvalue weighted by atomic mass is 35.5. The lowest BCUT2D eigenvalue weighted by molar-refractivity contribution is -0.151. The maximum Gasteiger partial charge on any atom is 0.311 e. The Labute approximate surface area is 179 Å². The molecule has 0 amide bonds. The topological polar surface area (TPSA) is 59.3 Å². The average molecular weight is 428 g/mol. The van der Waals surface area contributed by atoms with Crippen LogP contribution in [0.25, 0.3) is 0 Å². The Morgan fingerprint density at radius 2 is 1.76 bits per heavy atom. The van der Waals surface area contributed by atoms with E-state index in [1.54, 1.807) is 30.3 Å². The molecule has 0 N–H and O–H groups in total. The van der Waals surface area contributed by atoms with Crippen molar-refractivity contribution in [3.05, 3.63) is 70.7 Å². The second-order valence-corrected chi connectivity index (χ2v) is 8.87. The summed E-state index contributed by atoms with van der Waals surface area (Å²) in [4.78, 5) is 12.7. The molecular formula is C23H19Cl2NO3.